The van der Waals surface area contributed by atoms with Gasteiger partial charge in [-0.25, -0.2) is 14.4 Å². The van der Waals surface area contributed by atoms with Crippen LogP contribution in [0.4, 0.5) is 10.2 Å². The first-order valence-electron chi connectivity index (χ1n) is 8.67. The van der Waals surface area contributed by atoms with E-state index in [2.05, 4.69) is 10.3 Å². The highest BCUT2D eigenvalue weighted by molar-refractivity contribution is 5.99. The third-order valence-electron chi connectivity index (χ3n) is 4.78. The molecule has 0 saturated carbocycles. The van der Waals surface area contributed by atoms with Gasteiger partial charge < -0.3 is 25.4 Å². The number of anilines is 1. The summed E-state index contributed by atoms with van der Waals surface area (Å²) in [6.45, 7) is -0.408. The molecule has 1 saturated heterocycles. The van der Waals surface area contributed by atoms with E-state index >= 15 is 0 Å². The second-order valence-corrected chi connectivity index (χ2v) is 6.50. The first-order chi connectivity index (χ1) is 13.5. The van der Waals surface area contributed by atoms with Crippen molar-refractivity contribution in [1.29, 1.82) is 5.41 Å². The van der Waals surface area contributed by atoms with Crippen molar-refractivity contribution in [2.45, 2.75) is 31.1 Å². The molecule has 4 atom stereocenters. The van der Waals surface area contributed by atoms with Gasteiger partial charge >= 0.3 is 0 Å². The van der Waals surface area contributed by atoms with Crippen molar-refractivity contribution < 1.29 is 29.3 Å². The number of imidazole rings is 1. The number of benzene rings is 1. The van der Waals surface area contributed by atoms with Gasteiger partial charge in [0.1, 0.15) is 48.9 Å². The standard InChI is InChI=1S/C17H20FN5O5/c18-10-4-2-1-3-9(10)6-27-23-8-21-16-12(15(23)19)20-7-22(16)17-14(26)13(25)11(5-24)28-17/h1-4,7,11,13-14,17,19,21,24-26H,5-6,8H2/t11-,13-,14-,17-/m1/s1. The van der Waals surface area contributed by atoms with E-state index in [-0.39, 0.29) is 24.8 Å². The number of hydrogen-bond acceptors (Lipinski definition) is 8. The first kappa shape index (κ1) is 18.8. The van der Waals surface area contributed by atoms with Crippen molar-refractivity contribution in [2.75, 3.05) is 18.6 Å². The van der Waals surface area contributed by atoms with Crippen LogP contribution < -0.4 is 5.32 Å². The van der Waals surface area contributed by atoms with Crippen LogP contribution >= 0.6 is 0 Å². The molecule has 0 unspecified atom stereocenters. The maximum absolute atomic E-state index is 13.7. The van der Waals surface area contributed by atoms with Gasteiger partial charge in [0, 0.05) is 5.56 Å². The molecule has 11 heteroatoms. The Morgan fingerprint density at radius 3 is 2.82 bits per heavy atom. The van der Waals surface area contributed by atoms with Crippen LogP contribution in [0.1, 0.15) is 17.5 Å². The summed E-state index contributed by atoms with van der Waals surface area (Å²) in [6.07, 6.45) is -3.01. The van der Waals surface area contributed by atoms with Crippen LogP contribution in [0.15, 0.2) is 30.6 Å². The average molecular weight is 393 g/mol. The van der Waals surface area contributed by atoms with E-state index in [1.54, 1.807) is 18.2 Å². The van der Waals surface area contributed by atoms with Gasteiger partial charge in [0.15, 0.2) is 12.1 Å². The van der Waals surface area contributed by atoms with Gasteiger partial charge in [-0.2, -0.15) is 0 Å². The van der Waals surface area contributed by atoms with E-state index < -0.39 is 37.0 Å². The lowest BCUT2D eigenvalue weighted by Gasteiger charge is -2.30. The maximum Gasteiger partial charge on any atom is 0.176 e. The fourth-order valence-electron chi connectivity index (χ4n) is 3.23. The van der Waals surface area contributed by atoms with Crippen molar-refractivity contribution >= 4 is 11.7 Å². The van der Waals surface area contributed by atoms with Crippen LogP contribution in [0.5, 0.6) is 0 Å². The van der Waals surface area contributed by atoms with E-state index in [1.165, 1.54) is 22.0 Å². The Bertz CT molecular complexity index is 877. The highest BCUT2D eigenvalue weighted by Gasteiger charge is 2.44. The zero-order valence-electron chi connectivity index (χ0n) is 14.7. The summed E-state index contributed by atoms with van der Waals surface area (Å²) in [5.41, 5.74) is 0.607. The molecule has 0 bridgehead atoms. The number of amidine groups is 1. The summed E-state index contributed by atoms with van der Waals surface area (Å²) < 4.78 is 20.7. The molecule has 10 nitrogen and oxygen atoms in total. The van der Waals surface area contributed by atoms with Gasteiger partial charge in [-0.1, -0.05) is 18.2 Å². The Balaban J connectivity index is 1.49. The molecule has 5 N–H and O–H groups in total. The van der Waals surface area contributed by atoms with Gasteiger partial charge in [-0.15, -0.1) is 0 Å². The van der Waals surface area contributed by atoms with Crippen molar-refractivity contribution in [3.8, 4) is 0 Å². The Morgan fingerprint density at radius 1 is 1.32 bits per heavy atom. The Morgan fingerprint density at radius 2 is 2.11 bits per heavy atom. The van der Waals surface area contributed by atoms with Gasteiger partial charge in [0.05, 0.1) is 12.9 Å². The second kappa shape index (κ2) is 7.45. The van der Waals surface area contributed by atoms with Crippen LogP contribution in [0.3, 0.4) is 0 Å². The smallest absolute Gasteiger partial charge is 0.176 e. The lowest BCUT2D eigenvalue weighted by molar-refractivity contribution is -0.109. The van der Waals surface area contributed by atoms with Crippen molar-refractivity contribution in [2.24, 2.45) is 0 Å². The van der Waals surface area contributed by atoms with Gasteiger partial charge in [-0.05, 0) is 6.07 Å². The molecular weight excluding hydrogens is 373 g/mol. The molecular formula is C17H20FN5O5. The quantitative estimate of drug-likeness (QED) is 0.470. The van der Waals surface area contributed by atoms with E-state index in [0.29, 0.717) is 11.4 Å². The highest BCUT2D eigenvalue weighted by Crippen LogP contribution is 2.34. The molecule has 0 spiro atoms. The van der Waals surface area contributed by atoms with Crippen molar-refractivity contribution in [3.05, 3.63) is 47.7 Å². The Kier molecular flexibility index (Phi) is 5.00. The largest absolute Gasteiger partial charge is 0.394 e. The molecule has 0 amide bonds. The summed E-state index contributed by atoms with van der Waals surface area (Å²) >= 11 is 0. The molecule has 150 valence electrons. The summed E-state index contributed by atoms with van der Waals surface area (Å²) in [6, 6.07) is 6.21. The third-order valence-corrected chi connectivity index (χ3v) is 4.78. The minimum Gasteiger partial charge on any atom is -0.394 e. The average Bonchev–Trinajstić information content (AvgIpc) is 3.24. The number of hydroxylamine groups is 2. The predicted molar refractivity (Wildman–Crippen MR) is 93.6 cm³/mol. The fraction of sp³-hybridized carbons (Fsp3) is 0.412. The minimum atomic E-state index is -1.26. The van der Waals surface area contributed by atoms with Crippen molar-refractivity contribution in [1.82, 2.24) is 14.6 Å². The van der Waals surface area contributed by atoms with Crippen LogP contribution in [0.25, 0.3) is 0 Å². The molecule has 3 heterocycles. The van der Waals surface area contributed by atoms with Crippen LogP contribution in [0.2, 0.25) is 0 Å². The molecule has 1 aromatic carbocycles. The second-order valence-electron chi connectivity index (χ2n) is 6.50. The van der Waals surface area contributed by atoms with E-state index in [1.807, 2.05) is 0 Å². The maximum atomic E-state index is 13.7. The van der Waals surface area contributed by atoms with Crippen molar-refractivity contribution in [3.63, 3.8) is 0 Å². The molecule has 28 heavy (non-hydrogen) atoms. The van der Waals surface area contributed by atoms with Gasteiger partial charge in [-0.3, -0.25) is 14.8 Å². The van der Waals surface area contributed by atoms with Gasteiger partial charge in [0.25, 0.3) is 0 Å². The summed E-state index contributed by atoms with van der Waals surface area (Å²) in [5, 5.41) is 41.9. The SMILES string of the molecule is N=C1c2ncn([C@@H]3O[C@H](CO)[C@@H](O)[C@H]3O)c2NCN1OCc1ccccc1F. The van der Waals surface area contributed by atoms with Crippen LogP contribution in [0, 0.1) is 11.2 Å². The fourth-order valence-corrected chi connectivity index (χ4v) is 3.23. The lowest BCUT2D eigenvalue weighted by atomic mass is 10.1. The normalized spacial score (nSPS) is 27.0. The Hall–Kier alpha value is -2.57. The van der Waals surface area contributed by atoms with E-state index in [9.17, 15) is 19.7 Å². The molecule has 0 radical (unpaired) electrons. The number of nitrogens with one attached hydrogen (secondary N) is 2. The Labute approximate surface area is 159 Å². The summed E-state index contributed by atoms with van der Waals surface area (Å²) in [4.78, 5) is 9.69. The highest BCUT2D eigenvalue weighted by atomic mass is 19.1. The molecule has 4 rings (SSSR count). The summed E-state index contributed by atoms with van der Waals surface area (Å²) in [5.74, 6) is -0.0329. The molecule has 0 aliphatic carbocycles. The molecule has 1 aromatic heterocycles. The predicted octanol–water partition coefficient (Wildman–Crippen LogP) is -0.224. The number of aliphatic hydroxyl groups excluding tert-OH is 3. The van der Waals surface area contributed by atoms with Crippen LogP contribution in [-0.2, 0) is 16.2 Å². The van der Waals surface area contributed by atoms with E-state index in [4.69, 9.17) is 15.0 Å². The molecule has 2 aromatic rings. The lowest BCUT2D eigenvalue weighted by Crippen LogP contribution is -2.41. The first-order valence-corrected chi connectivity index (χ1v) is 8.67. The number of aliphatic hydroxyl groups is 3. The molecule has 1 fully saturated rings. The summed E-state index contributed by atoms with van der Waals surface area (Å²) in [7, 11) is 0. The topological polar surface area (TPSA) is 136 Å². The number of fused-ring (bicyclic) bond motifs is 1. The van der Waals surface area contributed by atoms with E-state index in [0.717, 1.165) is 0 Å². The number of halogens is 1. The number of rotatable bonds is 5. The molecule has 2 aliphatic rings. The molecule has 2 aliphatic heterocycles. The van der Waals surface area contributed by atoms with Crippen LogP contribution in [-0.4, -0.2) is 67.4 Å². The minimum absolute atomic E-state index is 0.0458. The number of nitrogens with zero attached hydrogens (tertiary/aromatic N) is 3. The third kappa shape index (κ3) is 3.12. The number of aromatic nitrogens is 2. The zero-order valence-corrected chi connectivity index (χ0v) is 14.7. The monoisotopic (exact) mass is 393 g/mol. The zero-order chi connectivity index (χ0) is 19.8. The number of hydrogen-bond donors (Lipinski definition) is 5. The number of ether oxygens (including phenoxy) is 1. The van der Waals surface area contributed by atoms with Gasteiger partial charge in [0.2, 0.25) is 0 Å².